The van der Waals surface area contributed by atoms with Crippen LogP contribution < -0.4 is 15.4 Å². The van der Waals surface area contributed by atoms with Crippen molar-refractivity contribution < 1.29 is 19.4 Å². The lowest BCUT2D eigenvalue weighted by Crippen LogP contribution is -2.37. The zero-order valence-corrected chi connectivity index (χ0v) is 15.0. The van der Waals surface area contributed by atoms with Crippen LogP contribution in [0.5, 0.6) is 5.75 Å². The van der Waals surface area contributed by atoms with E-state index >= 15 is 0 Å². The van der Waals surface area contributed by atoms with Gasteiger partial charge < -0.3 is 15.6 Å². The summed E-state index contributed by atoms with van der Waals surface area (Å²) in [5.74, 6) is -0.765. The number of benzene rings is 2. The Morgan fingerprint density at radius 2 is 1.72 bits per heavy atom. The highest BCUT2D eigenvalue weighted by Crippen LogP contribution is 2.35. The van der Waals surface area contributed by atoms with Crippen molar-refractivity contribution in [2.75, 3.05) is 4.90 Å². The fourth-order valence-electron chi connectivity index (χ4n) is 2.04. The van der Waals surface area contributed by atoms with Crippen molar-refractivity contribution in [3.8, 4) is 5.75 Å². The minimum Gasteiger partial charge on any atom is -0.478 e. The van der Waals surface area contributed by atoms with Gasteiger partial charge in [-0.05, 0) is 56.3 Å². The molecule has 0 saturated heterocycles. The van der Waals surface area contributed by atoms with Crippen molar-refractivity contribution in [1.29, 1.82) is 0 Å². The van der Waals surface area contributed by atoms with Gasteiger partial charge in [0.2, 0.25) is 0 Å². The van der Waals surface area contributed by atoms with Crippen LogP contribution in [-0.2, 0) is 4.79 Å². The highest BCUT2D eigenvalue weighted by Gasteiger charge is 2.29. The highest BCUT2D eigenvalue weighted by molar-refractivity contribution is 6.36. The van der Waals surface area contributed by atoms with E-state index in [0.29, 0.717) is 27.2 Å². The summed E-state index contributed by atoms with van der Waals surface area (Å²) < 4.78 is 5.43. The Balaban J connectivity index is 2.36. The van der Waals surface area contributed by atoms with E-state index in [2.05, 4.69) is 0 Å². The van der Waals surface area contributed by atoms with Gasteiger partial charge in [-0.25, -0.2) is 9.59 Å². The Bertz CT molecular complexity index is 807. The van der Waals surface area contributed by atoms with E-state index in [1.807, 2.05) is 0 Å². The van der Waals surface area contributed by atoms with Gasteiger partial charge in [0, 0.05) is 5.02 Å². The van der Waals surface area contributed by atoms with Gasteiger partial charge in [0.05, 0.1) is 16.4 Å². The third-order valence-corrected chi connectivity index (χ3v) is 3.91. The molecule has 0 fully saturated rings. The average molecular weight is 383 g/mol. The number of ether oxygens (including phenoxy) is 1. The first-order valence-corrected chi connectivity index (χ1v) is 7.94. The number of halogens is 2. The molecule has 8 heteroatoms. The second-order valence-corrected chi connectivity index (χ2v) is 6.52. The summed E-state index contributed by atoms with van der Waals surface area (Å²) in [6.07, 6.45) is 0. The summed E-state index contributed by atoms with van der Waals surface area (Å²) in [4.78, 5) is 24.2. The first-order valence-electron chi connectivity index (χ1n) is 7.19. The average Bonchev–Trinajstić information content (AvgIpc) is 2.52. The Labute approximate surface area is 154 Å². The molecule has 3 N–H and O–H groups in total. The number of nitrogens with zero attached hydrogens (tertiary/aromatic N) is 1. The summed E-state index contributed by atoms with van der Waals surface area (Å²) in [5, 5.41) is 9.80. The first kappa shape index (κ1) is 18.9. The summed E-state index contributed by atoms with van der Waals surface area (Å²) in [7, 11) is 0. The molecule has 0 bridgehead atoms. The van der Waals surface area contributed by atoms with Crippen LogP contribution in [0.2, 0.25) is 10.0 Å². The Hall–Kier alpha value is -2.44. The Morgan fingerprint density at radius 3 is 2.24 bits per heavy atom. The smallest absolute Gasteiger partial charge is 0.347 e. The molecular weight excluding hydrogens is 367 g/mol. The monoisotopic (exact) mass is 382 g/mol. The maximum atomic E-state index is 11.9. The lowest BCUT2D eigenvalue weighted by molar-refractivity contribution is -0.152. The van der Waals surface area contributed by atoms with Gasteiger partial charge in [0.25, 0.3) is 0 Å². The lowest BCUT2D eigenvalue weighted by atomic mass is 10.1. The molecule has 0 spiro atoms. The minimum atomic E-state index is -1.39. The summed E-state index contributed by atoms with van der Waals surface area (Å²) >= 11 is 12.1. The van der Waals surface area contributed by atoms with Crippen LogP contribution in [0.4, 0.5) is 16.2 Å². The number of carbonyl (C=O) groups is 2. The molecule has 2 amide bonds. The van der Waals surface area contributed by atoms with Crippen LogP contribution in [0.3, 0.4) is 0 Å². The van der Waals surface area contributed by atoms with Crippen LogP contribution in [-0.4, -0.2) is 22.7 Å². The molecule has 0 unspecified atom stereocenters. The highest BCUT2D eigenvalue weighted by atomic mass is 35.5. The molecule has 2 aromatic rings. The zero-order chi connectivity index (χ0) is 18.8. The number of amides is 2. The van der Waals surface area contributed by atoms with Gasteiger partial charge in [-0.2, -0.15) is 0 Å². The fourth-order valence-corrected chi connectivity index (χ4v) is 2.41. The molecule has 0 aliphatic carbocycles. The van der Waals surface area contributed by atoms with Crippen LogP contribution in [0.15, 0.2) is 42.5 Å². The van der Waals surface area contributed by atoms with E-state index in [0.717, 1.165) is 0 Å². The van der Waals surface area contributed by atoms with E-state index in [4.69, 9.17) is 38.8 Å². The number of carboxylic acids is 1. The van der Waals surface area contributed by atoms with Crippen molar-refractivity contribution >= 4 is 46.6 Å². The van der Waals surface area contributed by atoms with Crippen LogP contribution in [0, 0.1) is 0 Å². The third kappa shape index (κ3) is 4.35. The summed E-state index contributed by atoms with van der Waals surface area (Å²) in [6, 6.07) is 10.1. The number of carbonyl (C=O) groups excluding carboxylic acids is 1. The normalized spacial score (nSPS) is 11.0. The second-order valence-electron chi connectivity index (χ2n) is 5.68. The van der Waals surface area contributed by atoms with E-state index in [1.165, 1.54) is 36.9 Å². The van der Waals surface area contributed by atoms with Crippen molar-refractivity contribution in [2.45, 2.75) is 19.4 Å². The number of carboxylic acid groups (broad SMARTS) is 1. The number of aliphatic carboxylic acids is 1. The van der Waals surface area contributed by atoms with Gasteiger partial charge in [-0.1, -0.05) is 23.2 Å². The van der Waals surface area contributed by atoms with E-state index in [9.17, 15) is 9.59 Å². The number of nitrogens with two attached hydrogens (primary N) is 1. The second kappa shape index (κ2) is 7.21. The molecule has 0 aromatic heterocycles. The number of urea groups is 1. The molecule has 0 atom stereocenters. The van der Waals surface area contributed by atoms with Crippen molar-refractivity contribution in [3.05, 3.63) is 52.5 Å². The molecule has 0 aliphatic rings. The Morgan fingerprint density at radius 1 is 1.12 bits per heavy atom. The number of anilines is 2. The number of primary amides is 1. The lowest BCUT2D eigenvalue weighted by Gasteiger charge is -2.24. The fraction of sp³-hybridized carbons (Fsp3) is 0.176. The summed E-state index contributed by atoms with van der Waals surface area (Å²) in [5.41, 5.74) is 4.85. The van der Waals surface area contributed by atoms with Crippen molar-refractivity contribution in [1.82, 2.24) is 0 Å². The van der Waals surface area contributed by atoms with Gasteiger partial charge in [0.15, 0.2) is 5.60 Å². The first-order chi connectivity index (χ1) is 11.6. The molecule has 2 aromatic carbocycles. The van der Waals surface area contributed by atoms with Crippen molar-refractivity contribution in [3.63, 3.8) is 0 Å². The summed E-state index contributed by atoms with van der Waals surface area (Å²) in [6.45, 7) is 2.87. The predicted octanol–water partition coefficient (Wildman–Crippen LogP) is 4.45. The molecule has 2 rings (SSSR count). The topological polar surface area (TPSA) is 92.9 Å². The molecule has 0 heterocycles. The number of hydrogen-bond acceptors (Lipinski definition) is 3. The molecule has 0 aliphatic heterocycles. The van der Waals surface area contributed by atoms with Crippen LogP contribution in [0.1, 0.15) is 13.8 Å². The van der Waals surface area contributed by atoms with E-state index in [1.54, 1.807) is 24.3 Å². The predicted molar refractivity (Wildman–Crippen MR) is 97.0 cm³/mol. The van der Waals surface area contributed by atoms with E-state index < -0.39 is 17.6 Å². The van der Waals surface area contributed by atoms with Gasteiger partial charge in [0.1, 0.15) is 5.75 Å². The number of hydrogen-bond donors (Lipinski definition) is 2. The van der Waals surface area contributed by atoms with E-state index in [-0.39, 0.29) is 0 Å². The molecule has 0 saturated carbocycles. The standard InChI is InChI=1S/C17H16Cl2N2O4/c1-17(2,15(22)23)25-12-6-4-11(5-7-12)21(16(20)24)14-9-10(18)3-8-13(14)19/h3-9H,1-2H3,(H2,20,24)(H,22,23). The van der Waals surface area contributed by atoms with Gasteiger partial charge in [-0.3, -0.25) is 4.90 Å². The molecule has 0 radical (unpaired) electrons. The maximum Gasteiger partial charge on any atom is 0.347 e. The van der Waals surface area contributed by atoms with Gasteiger partial charge in [-0.15, -0.1) is 0 Å². The third-order valence-electron chi connectivity index (χ3n) is 3.35. The maximum absolute atomic E-state index is 11.9. The molecule has 6 nitrogen and oxygen atoms in total. The molecular formula is C17H16Cl2N2O4. The minimum absolute atomic E-state index is 0.301. The molecule has 132 valence electrons. The van der Waals surface area contributed by atoms with Crippen LogP contribution in [0.25, 0.3) is 0 Å². The van der Waals surface area contributed by atoms with Crippen LogP contribution >= 0.6 is 23.2 Å². The number of rotatable bonds is 5. The SMILES string of the molecule is CC(C)(Oc1ccc(N(C(N)=O)c2cc(Cl)ccc2Cl)cc1)C(=O)O. The van der Waals surface area contributed by atoms with Crippen molar-refractivity contribution in [2.24, 2.45) is 5.73 Å². The van der Waals surface area contributed by atoms with Gasteiger partial charge >= 0.3 is 12.0 Å². The Kier molecular flexibility index (Phi) is 5.45. The quantitative estimate of drug-likeness (QED) is 0.798. The largest absolute Gasteiger partial charge is 0.478 e. The molecule has 25 heavy (non-hydrogen) atoms. The zero-order valence-electron chi connectivity index (χ0n) is 13.5.